The summed E-state index contributed by atoms with van der Waals surface area (Å²) in [6, 6.07) is 0. The SMILES string of the molecule is CC1(C)[C@@]2(C)[C@@H]3[C@@H](O)OC(=O)[C@@H]3[C@]1(C)N([O-])[N+]2=O. The first kappa shape index (κ1) is 11.9. The number of hydrogen-bond donors (Lipinski definition) is 1. The van der Waals surface area contributed by atoms with E-state index in [-0.39, 0.29) is 0 Å². The van der Waals surface area contributed by atoms with Crippen LogP contribution in [0, 0.1) is 27.4 Å². The number of nitroso groups, excluding NO2 is 1. The van der Waals surface area contributed by atoms with Crippen LogP contribution in [0.15, 0.2) is 0 Å². The Balaban J connectivity index is 2.30. The lowest BCUT2D eigenvalue weighted by molar-refractivity contribution is -0.756. The second-order valence-electron chi connectivity index (χ2n) is 6.30. The number of aliphatic hydroxyl groups is 1. The number of hydroxylamine groups is 1. The third kappa shape index (κ3) is 0.761. The number of hydrazine groups is 1. The maximum atomic E-state index is 12.2. The van der Waals surface area contributed by atoms with E-state index in [1.165, 1.54) is 0 Å². The number of fused-ring (bicyclic) bond motifs is 5. The molecule has 0 radical (unpaired) electrons. The normalized spacial score (nSPS) is 52.8. The quantitative estimate of drug-likeness (QED) is 0.490. The van der Waals surface area contributed by atoms with E-state index in [4.69, 9.17) is 4.74 Å². The van der Waals surface area contributed by atoms with Crippen LogP contribution in [0.2, 0.25) is 0 Å². The first-order valence-corrected chi connectivity index (χ1v) is 5.95. The van der Waals surface area contributed by atoms with Crippen LogP contribution in [0.4, 0.5) is 0 Å². The minimum atomic E-state index is -1.32. The maximum absolute atomic E-state index is 12.2. The van der Waals surface area contributed by atoms with Gasteiger partial charge in [0.1, 0.15) is 22.2 Å². The lowest BCUT2D eigenvalue weighted by atomic mass is 9.68. The van der Waals surface area contributed by atoms with Crippen LogP contribution >= 0.6 is 0 Å². The molecule has 2 aliphatic heterocycles. The molecule has 100 valence electrons. The monoisotopic (exact) mass is 256 g/mol. The van der Waals surface area contributed by atoms with Gasteiger partial charge < -0.3 is 15.1 Å². The van der Waals surface area contributed by atoms with Crippen LogP contribution in [0.25, 0.3) is 0 Å². The lowest BCUT2D eigenvalue weighted by Gasteiger charge is -2.40. The smallest absolute Gasteiger partial charge is 0.314 e. The van der Waals surface area contributed by atoms with Crippen molar-refractivity contribution in [2.45, 2.75) is 45.1 Å². The molecular formula is C11H16N2O5. The van der Waals surface area contributed by atoms with Crippen LogP contribution < -0.4 is 0 Å². The summed E-state index contributed by atoms with van der Waals surface area (Å²) in [5, 5.41) is 22.4. The van der Waals surface area contributed by atoms with Crippen molar-refractivity contribution < 1.29 is 19.5 Å². The van der Waals surface area contributed by atoms with Crippen molar-refractivity contribution in [1.82, 2.24) is 5.17 Å². The summed E-state index contributed by atoms with van der Waals surface area (Å²) in [5.74, 6) is -2.04. The highest BCUT2D eigenvalue weighted by Gasteiger charge is 2.89. The van der Waals surface area contributed by atoms with Gasteiger partial charge in [-0.05, 0) is 6.92 Å². The molecule has 3 fully saturated rings. The Morgan fingerprint density at radius 1 is 1.39 bits per heavy atom. The van der Waals surface area contributed by atoms with Gasteiger partial charge in [0.25, 0.3) is 5.54 Å². The minimum absolute atomic E-state index is 0.341. The summed E-state index contributed by atoms with van der Waals surface area (Å²) in [5.41, 5.74) is -3.08. The molecule has 0 spiro atoms. The number of rotatable bonds is 0. The highest BCUT2D eigenvalue weighted by atomic mass is 16.7. The third-order valence-electron chi connectivity index (χ3n) is 5.90. The van der Waals surface area contributed by atoms with Crippen molar-refractivity contribution in [3.63, 3.8) is 0 Å². The van der Waals surface area contributed by atoms with Crippen LogP contribution in [0.5, 0.6) is 0 Å². The molecule has 0 aromatic heterocycles. The van der Waals surface area contributed by atoms with Crippen LogP contribution in [-0.2, 0) is 9.53 Å². The minimum Gasteiger partial charge on any atom is -0.704 e. The molecule has 0 aromatic carbocycles. The van der Waals surface area contributed by atoms with E-state index in [0.717, 1.165) is 0 Å². The summed E-state index contributed by atoms with van der Waals surface area (Å²) in [6.45, 7) is 6.79. The zero-order chi connectivity index (χ0) is 13.7. The zero-order valence-electron chi connectivity index (χ0n) is 10.7. The van der Waals surface area contributed by atoms with Crippen molar-refractivity contribution in [1.29, 1.82) is 0 Å². The third-order valence-corrected chi connectivity index (χ3v) is 5.90. The Hall–Kier alpha value is -1.21. The number of ether oxygens (including phenoxy) is 1. The molecule has 1 saturated carbocycles. The number of aliphatic hydroxyl groups excluding tert-OH is 1. The summed E-state index contributed by atoms with van der Waals surface area (Å²) in [4.78, 5) is 24.4. The van der Waals surface area contributed by atoms with Gasteiger partial charge in [0, 0.05) is 6.92 Å². The van der Waals surface area contributed by atoms with Gasteiger partial charge >= 0.3 is 5.97 Å². The van der Waals surface area contributed by atoms with Gasteiger partial charge in [0.15, 0.2) is 0 Å². The van der Waals surface area contributed by atoms with Gasteiger partial charge in [-0.2, -0.15) is 5.17 Å². The fourth-order valence-electron chi connectivity index (χ4n) is 4.18. The van der Waals surface area contributed by atoms with E-state index in [2.05, 4.69) is 0 Å². The number of carbonyl (C=O) groups excluding carboxylic acids is 1. The molecule has 3 rings (SSSR count). The van der Waals surface area contributed by atoms with Crippen molar-refractivity contribution in [2.75, 3.05) is 0 Å². The molecule has 3 aliphatic rings. The predicted molar refractivity (Wildman–Crippen MR) is 58.5 cm³/mol. The molecule has 2 heterocycles. The highest BCUT2D eigenvalue weighted by molar-refractivity contribution is 5.78. The van der Waals surface area contributed by atoms with Crippen LogP contribution in [-0.4, -0.2) is 38.5 Å². The molecule has 5 atom stereocenters. The average molecular weight is 256 g/mol. The van der Waals surface area contributed by atoms with Gasteiger partial charge in [-0.3, -0.25) is 4.79 Å². The van der Waals surface area contributed by atoms with E-state index in [9.17, 15) is 20.0 Å². The molecular weight excluding hydrogens is 240 g/mol. The zero-order valence-corrected chi connectivity index (χ0v) is 10.7. The molecule has 2 saturated heterocycles. The summed E-state index contributed by atoms with van der Waals surface area (Å²) in [6.07, 6.45) is -1.32. The Kier molecular flexibility index (Phi) is 1.78. The fraction of sp³-hybridized carbons (Fsp3) is 0.909. The lowest BCUT2D eigenvalue weighted by Crippen LogP contribution is -2.57. The highest BCUT2D eigenvalue weighted by Crippen LogP contribution is 2.69. The molecule has 0 unspecified atom stereocenters. The van der Waals surface area contributed by atoms with Gasteiger partial charge in [0.2, 0.25) is 6.29 Å². The van der Waals surface area contributed by atoms with E-state index in [1.807, 2.05) is 0 Å². The molecule has 7 nitrogen and oxygen atoms in total. The predicted octanol–water partition coefficient (Wildman–Crippen LogP) is 0.159. The standard InChI is InChI=1S/C11H16N2O5/c1-9(2)10(3)5-6(8(15)18-7(5)14)11(9,4)13(17)12(10)16/h5-7,14H,1-4H3/t5-,6+,7-,10+,11-/m0/s1. The molecule has 2 bridgehead atoms. The largest absolute Gasteiger partial charge is 0.704 e. The Bertz CT molecular complexity index is 478. The molecule has 7 heteroatoms. The number of nitrogens with zero attached hydrogens (tertiary/aromatic N) is 2. The van der Waals surface area contributed by atoms with E-state index in [1.54, 1.807) is 27.7 Å². The van der Waals surface area contributed by atoms with Crippen molar-refractivity contribution in [3.05, 3.63) is 10.1 Å². The van der Waals surface area contributed by atoms with Crippen molar-refractivity contribution >= 4 is 5.97 Å². The van der Waals surface area contributed by atoms with Crippen LogP contribution in [0.3, 0.4) is 0 Å². The Morgan fingerprint density at radius 2 is 1.94 bits per heavy atom. The second-order valence-corrected chi connectivity index (χ2v) is 6.30. The van der Waals surface area contributed by atoms with E-state index < -0.39 is 40.6 Å². The first-order valence-electron chi connectivity index (χ1n) is 5.95. The molecule has 1 aliphatic carbocycles. The summed E-state index contributed by atoms with van der Waals surface area (Å²) >= 11 is 0. The van der Waals surface area contributed by atoms with Crippen LogP contribution in [0.1, 0.15) is 27.7 Å². The summed E-state index contributed by atoms with van der Waals surface area (Å²) < 4.78 is 4.81. The van der Waals surface area contributed by atoms with Gasteiger partial charge in [-0.15, -0.1) is 0 Å². The van der Waals surface area contributed by atoms with Gasteiger partial charge in [-0.1, -0.05) is 13.8 Å². The van der Waals surface area contributed by atoms with Gasteiger partial charge in [-0.25, -0.2) is 0 Å². The van der Waals surface area contributed by atoms with Gasteiger partial charge in [0.05, 0.1) is 10.3 Å². The van der Waals surface area contributed by atoms with Crippen molar-refractivity contribution in [2.24, 2.45) is 17.3 Å². The first-order chi connectivity index (χ1) is 8.11. The average Bonchev–Trinajstić information content (AvgIpc) is 2.68. The molecule has 0 amide bonds. The Morgan fingerprint density at radius 3 is 2.50 bits per heavy atom. The Labute approximate surface area is 104 Å². The summed E-state index contributed by atoms with van der Waals surface area (Å²) in [7, 11) is 0. The topological polar surface area (TPSA) is 92.9 Å². The van der Waals surface area contributed by atoms with E-state index in [0.29, 0.717) is 10.0 Å². The maximum Gasteiger partial charge on any atom is 0.314 e. The number of hydrogen-bond acceptors (Lipinski definition) is 5. The molecule has 1 N–H and O–H groups in total. The van der Waals surface area contributed by atoms with Crippen molar-refractivity contribution in [3.8, 4) is 0 Å². The fourth-order valence-corrected chi connectivity index (χ4v) is 4.18. The number of carbonyl (C=O) groups is 1. The molecule has 18 heavy (non-hydrogen) atoms. The number of esters is 1. The molecule has 0 aromatic rings. The number of cyclic esters (lactones) is 1. The second kappa shape index (κ2) is 2.70. The van der Waals surface area contributed by atoms with E-state index >= 15 is 0 Å².